The number of hydrogen-bond acceptors (Lipinski definition) is 3. The number of fused-ring (bicyclic) bond motifs is 1. The van der Waals surface area contributed by atoms with Crippen molar-refractivity contribution < 1.29 is 14.0 Å². The molecule has 2 aliphatic rings. The second-order valence-electron chi connectivity index (χ2n) is 8.47. The van der Waals surface area contributed by atoms with Gasteiger partial charge in [0.1, 0.15) is 11.5 Å². The highest BCUT2D eigenvalue weighted by molar-refractivity contribution is 6.04. The zero-order valence-electron chi connectivity index (χ0n) is 17.3. The number of amides is 2. The summed E-state index contributed by atoms with van der Waals surface area (Å²) < 4.78 is 15.9. The maximum Gasteiger partial charge on any atom is 0.325 e. The fourth-order valence-corrected chi connectivity index (χ4v) is 4.85. The van der Waals surface area contributed by atoms with Crippen LogP contribution in [-0.2, 0) is 4.79 Å². The fraction of sp³-hybridized carbons (Fsp3) is 0.375. The number of carbonyl (C=O) groups is 2. The van der Waals surface area contributed by atoms with Crippen LogP contribution in [0.25, 0.3) is 16.6 Å². The Balaban J connectivity index is 1.37. The first-order chi connectivity index (χ1) is 15.1. The molecular weight excluding hydrogens is 395 g/mol. The molecule has 1 aromatic heterocycles. The van der Waals surface area contributed by atoms with Crippen molar-refractivity contribution >= 4 is 28.4 Å². The maximum atomic E-state index is 14.3. The summed E-state index contributed by atoms with van der Waals surface area (Å²) in [5.74, 6) is 0.272. The number of carbonyl (C=O) groups excluding carboxylic acids is 2. The molecule has 6 nitrogen and oxygen atoms in total. The van der Waals surface area contributed by atoms with E-state index in [4.69, 9.17) is 0 Å². The van der Waals surface area contributed by atoms with E-state index < -0.39 is 0 Å². The Labute approximate surface area is 180 Å². The summed E-state index contributed by atoms with van der Waals surface area (Å²) in [6.45, 7) is 1.21. The van der Waals surface area contributed by atoms with Gasteiger partial charge in [0.15, 0.2) is 5.78 Å². The highest BCUT2D eigenvalue weighted by Gasteiger charge is 2.32. The predicted octanol–water partition coefficient (Wildman–Crippen LogP) is 4.56. The Morgan fingerprint density at radius 3 is 2.61 bits per heavy atom. The highest BCUT2D eigenvalue weighted by Crippen LogP contribution is 2.32. The summed E-state index contributed by atoms with van der Waals surface area (Å²) in [5, 5.41) is 5.16. The van der Waals surface area contributed by atoms with Gasteiger partial charge in [-0.2, -0.15) is 5.10 Å². The second kappa shape index (κ2) is 8.13. The van der Waals surface area contributed by atoms with Gasteiger partial charge in [-0.25, -0.2) is 13.9 Å². The van der Waals surface area contributed by atoms with Gasteiger partial charge >= 0.3 is 6.03 Å². The summed E-state index contributed by atoms with van der Waals surface area (Å²) in [6, 6.07) is 11.9. The van der Waals surface area contributed by atoms with Crippen molar-refractivity contribution in [3.8, 4) is 5.69 Å². The Hall–Kier alpha value is -3.22. The third-order valence-electron chi connectivity index (χ3n) is 6.42. The van der Waals surface area contributed by atoms with E-state index >= 15 is 0 Å². The summed E-state index contributed by atoms with van der Waals surface area (Å²) in [6.07, 6.45) is 6.91. The number of rotatable bonds is 6. The van der Waals surface area contributed by atoms with Crippen molar-refractivity contribution in [2.24, 2.45) is 5.92 Å². The molecule has 1 saturated carbocycles. The molecule has 0 spiro atoms. The van der Waals surface area contributed by atoms with Gasteiger partial charge in [-0.05, 0) is 30.2 Å². The molecule has 2 fully saturated rings. The first kappa shape index (κ1) is 19.7. The summed E-state index contributed by atoms with van der Waals surface area (Å²) in [5.41, 5.74) is 1.82. The lowest BCUT2D eigenvalue weighted by atomic mass is 10.0. The molecule has 2 aromatic carbocycles. The molecule has 160 valence electrons. The highest BCUT2D eigenvalue weighted by atomic mass is 19.1. The van der Waals surface area contributed by atoms with Crippen molar-refractivity contribution in [1.29, 1.82) is 0 Å². The molecule has 0 unspecified atom stereocenters. The van der Waals surface area contributed by atoms with E-state index in [9.17, 15) is 14.0 Å². The Morgan fingerprint density at radius 2 is 1.81 bits per heavy atom. The molecule has 1 aliphatic carbocycles. The van der Waals surface area contributed by atoms with Crippen LogP contribution in [0.5, 0.6) is 0 Å². The molecular formula is C24H25FN4O2. The molecule has 3 aromatic rings. The lowest BCUT2D eigenvalue weighted by Gasteiger charge is -2.19. The van der Waals surface area contributed by atoms with Crippen LogP contribution in [0.2, 0.25) is 0 Å². The molecule has 0 N–H and O–H groups in total. The van der Waals surface area contributed by atoms with E-state index in [0.717, 1.165) is 29.4 Å². The van der Waals surface area contributed by atoms with Gasteiger partial charge in [0.05, 0.1) is 23.9 Å². The van der Waals surface area contributed by atoms with E-state index in [-0.39, 0.29) is 24.2 Å². The van der Waals surface area contributed by atoms with E-state index in [2.05, 4.69) is 5.10 Å². The topological polar surface area (TPSA) is 58.4 Å². The Bertz CT molecular complexity index is 1140. The number of para-hydroxylation sites is 1. The molecule has 2 heterocycles. The molecule has 0 radical (unpaired) electrons. The molecule has 1 saturated heterocycles. The molecule has 5 rings (SSSR count). The number of aromatic nitrogens is 2. The van der Waals surface area contributed by atoms with Crippen molar-refractivity contribution in [3.63, 3.8) is 0 Å². The van der Waals surface area contributed by atoms with Gasteiger partial charge < -0.3 is 4.90 Å². The van der Waals surface area contributed by atoms with Crippen LogP contribution >= 0.6 is 0 Å². The van der Waals surface area contributed by atoms with Gasteiger partial charge in [-0.3, -0.25) is 9.69 Å². The third kappa shape index (κ3) is 3.69. The first-order valence-electron chi connectivity index (χ1n) is 10.9. The number of nitrogens with zero attached hydrogens (tertiary/aromatic N) is 4. The minimum absolute atomic E-state index is 0.146. The van der Waals surface area contributed by atoms with Gasteiger partial charge in [-0.15, -0.1) is 0 Å². The quantitative estimate of drug-likeness (QED) is 0.588. The summed E-state index contributed by atoms with van der Waals surface area (Å²) in [7, 11) is 0. The number of benzene rings is 2. The van der Waals surface area contributed by atoms with Gasteiger partial charge in [0, 0.05) is 24.9 Å². The van der Waals surface area contributed by atoms with Crippen LogP contribution in [-0.4, -0.2) is 46.1 Å². The van der Waals surface area contributed by atoms with Crippen molar-refractivity contribution in [1.82, 2.24) is 14.7 Å². The summed E-state index contributed by atoms with van der Waals surface area (Å²) in [4.78, 5) is 28.9. The largest absolute Gasteiger partial charge is 0.325 e. The standard InChI is InChI=1S/C24H25FN4O2/c25-20-8-3-4-9-23(20)29-22-11-5-10-21(19(22)15-26-29)28-13-12-27(24(28)31)16-18(30)14-17-6-1-2-7-17/h3-5,8-11,15,17H,1-2,6-7,12-14,16H2. The molecule has 31 heavy (non-hydrogen) atoms. The van der Waals surface area contributed by atoms with E-state index in [1.807, 2.05) is 18.2 Å². The van der Waals surface area contributed by atoms with Gasteiger partial charge in [0.25, 0.3) is 0 Å². The average molecular weight is 420 g/mol. The Morgan fingerprint density at radius 1 is 1.03 bits per heavy atom. The molecule has 2 amide bonds. The minimum atomic E-state index is -0.359. The fourth-order valence-electron chi connectivity index (χ4n) is 4.85. The number of ketones is 1. The smallest absolute Gasteiger partial charge is 0.315 e. The first-order valence-corrected chi connectivity index (χ1v) is 10.9. The van der Waals surface area contributed by atoms with Crippen molar-refractivity contribution in [2.45, 2.75) is 32.1 Å². The second-order valence-corrected chi connectivity index (χ2v) is 8.47. The molecule has 7 heteroatoms. The summed E-state index contributed by atoms with van der Waals surface area (Å²) >= 11 is 0. The van der Waals surface area contributed by atoms with Crippen LogP contribution < -0.4 is 4.90 Å². The lowest BCUT2D eigenvalue weighted by molar-refractivity contribution is -0.120. The SMILES string of the molecule is O=C(CC1CCCC1)CN1CCN(c2cccc3c2cnn3-c2ccccc2F)C1=O. The lowest BCUT2D eigenvalue weighted by Crippen LogP contribution is -2.35. The van der Waals surface area contributed by atoms with Crippen LogP contribution in [0, 0.1) is 11.7 Å². The van der Waals surface area contributed by atoms with Gasteiger partial charge in [0.2, 0.25) is 0 Å². The minimum Gasteiger partial charge on any atom is -0.315 e. The maximum absolute atomic E-state index is 14.3. The predicted molar refractivity (Wildman–Crippen MR) is 117 cm³/mol. The molecule has 0 bridgehead atoms. The normalized spacial score (nSPS) is 17.3. The monoisotopic (exact) mass is 420 g/mol. The van der Waals surface area contributed by atoms with Crippen LogP contribution in [0.1, 0.15) is 32.1 Å². The van der Waals surface area contributed by atoms with Crippen molar-refractivity contribution in [2.75, 3.05) is 24.5 Å². The van der Waals surface area contributed by atoms with Crippen LogP contribution in [0.15, 0.2) is 48.7 Å². The van der Waals surface area contributed by atoms with Crippen molar-refractivity contribution in [3.05, 3.63) is 54.5 Å². The van der Waals surface area contributed by atoms with Gasteiger partial charge in [-0.1, -0.05) is 43.9 Å². The average Bonchev–Trinajstić information content (AvgIpc) is 3.50. The number of hydrogen-bond donors (Lipinski definition) is 0. The number of Topliss-reactive ketones (excluding diaryl/α,β-unsaturated/α-hetero) is 1. The van der Waals surface area contributed by atoms with E-state index in [0.29, 0.717) is 31.1 Å². The van der Waals surface area contributed by atoms with Crippen LogP contribution in [0.4, 0.5) is 14.9 Å². The zero-order valence-corrected chi connectivity index (χ0v) is 17.3. The van der Waals surface area contributed by atoms with E-state index in [1.165, 1.54) is 18.9 Å². The molecule has 0 atom stereocenters. The number of urea groups is 1. The number of anilines is 1. The molecule has 1 aliphatic heterocycles. The number of halogens is 1. The third-order valence-corrected chi connectivity index (χ3v) is 6.42. The van der Waals surface area contributed by atoms with Crippen LogP contribution in [0.3, 0.4) is 0 Å². The Kier molecular flexibility index (Phi) is 5.18. The zero-order chi connectivity index (χ0) is 21.4. The van der Waals surface area contributed by atoms with E-state index in [1.54, 1.807) is 38.9 Å².